The Balaban J connectivity index is 2.27. The molecule has 1 unspecified atom stereocenters. The number of amides is 1. The van der Waals surface area contributed by atoms with Gasteiger partial charge in [-0.1, -0.05) is 25.4 Å². The van der Waals surface area contributed by atoms with Gasteiger partial charge < -0.3 is 10.5 Å². The zero-order chi connectivity index (χ0) is 16.1. The fraction of sp³-hybridized carbons (Fsp3) is 0.562. The summed E-state index contributed by atoms with van der Waals surface area (Å²) < 4.78 is 5.29. The van der Waals surface area contributed by atoms with Crippen LogP contribution < -0.4 is 11.1 Å². The lowest BCUT2D eigenvalue weighted by Gasteiger charge is -2.23. The lowest BCUT2D eigenvalue weighted by molar-refractivity contribution is 0.0635. The second kappa shape index (κ2) is 4.89. The first-order valence-corrected chi connectivity index (χ1v) is 7.41. The Labute approximate surface area is 131 Å². The Morgan fingerprint density at radius 1 is 1.38 bits per heavy atom. The Kier molecular flexibility index (Phi) is 3.75. The zero-order valence-electron chi connectivity index (χ0n) is 13.2. The normalized spacial score (nSPS) is 23.6. The van der Waals surface area contributed by atoms with Gasteiger partial charge >= 0.3 is 6.09 Å². The number of ether oxygens (including phenoxy) is 1. The molecule has 2 rings (SSSR count). The standard InChI is InChI=1S/C16H23ClN2O2/c1-14(2,3)21-13(20)19-12-7-6-10(17)8-11(12)16(18)9-15(16,4)5/h6-8H,9,18H2,1-5H3,(H,19,20). The van der Waals surface area contributed by atoms with Crippen LogP contribution in [0.1, 0.15) is 46.6 Å². The van der Waals surface area contributed by atoms with Crippen LogP contribution in [-0.4, -0.2) is 11.7 Å². The van der Waals surface area contributed by atoms with E-state index in [0.29, 0.717) is 10.7 Å². The van der Waals surface area contributed by atoms with Crippen molar-refractivity contribution in [3.63, 3.8) is 0 Å². The number of hydrogen-bond acceptors (Lipinski definition) is 3. The summed E-state index contributed by atoms with van der Waals surface area (Å²) in [6, 6.07) is 5.32. The summed E-state index contributed by atoms with van der Waals surface area (Å²) in [6.07, 6.45) is 0.358. The second-order valence-corrected chi connectivity index (χ2v) is 7.79. The van der Waals surface area contributed by atoms with Gasteiger partial charge in [-0.05, 0) is 56.4 Å². The van der Waals surface area contributed by atoms with E-state index in [1.165, 1.54) is 0 Å². The molecule has 5 heteroatoms. The molecule has 0 aliphatic heterocycles. The van der Waals surface area contributed by atoms with E-state index in [9.17, 15) is 4.79 Å². The molecule has 1 saturated carbocycles. The van der Waals surface area contributed by atoms with Gasteiger partial charge in [0.05, 0.1) is 0 Å². The molecule has 0 radical (unpaired) electrons. The molecule has 1 atom stereocenters. The van der Waals surface area contributed by atoms with Gasteiger partial charge in [0, 0.05) is 16.2 Å². The van der Waals surface area contributed by atoms with Gasteiger partial charge in [0.2, 0.25) is 0 Å². The summed E-state index contributed by atoms with van der Waals surface area (Å²) in [5, 5.41) is 3.38. The molecule has 116 valence electrons. The molecule has 0 heterocycles. The van der Waals surface area contributed by atoms with E-state index >= 15 is 0 Å². The summed E-state index contributed by atoms with van der Waals surface area (Å²) >= 11 is 6.09. The van der Waals surface area contributed by atoms with E-state index in [4.69, 9.17) is 22.1 Å². The van der Waals surface area contributed by atoms with Gasteiger partial charge in [-0.25, -0.2) is 4.79 Å². The van der Waals surface area contributed by atoms with Crippen LogP contribution in [0.25, 0.3) is 0 Å². The first-order valence-electron chi connectivity index (χ1n) is 7.04. The largest absolute Gasteiger partial charge is 0.444 e. The highest BCUT2D eigenvalue weighted by molar-refractivity contribution is 6.30. The SMILES string of the molecule is CC(C)(C)OC(=O)Nc1ccc(Cl)cc1C1(N)CC1(C)C. The van der Waals surface area contributed by atoms with Crippen LogP contribution in [0, 0.1) is 5.41 Å². The monoisotopic (exact) mass is 310 g/mol. The van der Waals surface area contributed by atoms with Crippen molar-refractivity contribution < 1.29 is 9.53 Å². The quantitative estimate of drug-likeness (QED) is 0.857. The van der Waals surface area contributed by atoms with Crippen molar-refractivity contribution in [3.05, 3.63) is 28.8 Å². The summed E-state index contributed by atoms with van der Waals surface area (Å²) in [5.41, 5.74) is 6.95. The van der Waals surface area contributed by atoms with E-state index in [1.807, 2.05) is 26.8 Å². The van der Waals surface area contributed by atoms with E-state index < -0.39 is 17.2 Å². The van der Waals surface area contributed by atoms with Crippen LogP contribution in [0.3, 0.4) is 0 Å². The molecule has 1 aromatic rings. The minimum atomic E-state index is -0.546. The van der Waals surface area contributed by atoms with Crippen LogP contribution in [0.2, 0.25) is 5.02 Å². The molecule has 0 bridgehead atoms. The number of benzene rings is 1. The number of nitrogens with two attached hydrogens (primary N) is 1. The van der Waals surface area contributed by atoms with Crippen molar-refractivity contribution in [2.24, 2.45) is 11.1 Å². The highest BCUT2D eigenvalue weighted by Gasteiger charge is 2.60. The first-order chi connectivity index (χ1) is 9.45. The summed E-state index contributed by atoms with van der Waals surface area (Å²) in [4.78, 5) is 12.0. The van der Waals surface area contributed by atoms with Crippen molar-refractivity contribution in [3.8, 4) is 0 Å². The van der Waals surface area contributed by atoms with Gasteiger partial charge in [0.15, 0.2) is 0 Å². The Morgan fingerprint density at radius 2 is 1.95 bits per heavy atom. The van der Waals surface area contributed by atoms with Gasteiger partial charge in [-0.2, -0.15) is 0 Å². The Hall–Kier alpha value is -1.26. The number of nitrogens with one attached hydrogen (secondary N) is 1. The van der Waals surface area contributed by atoms with Gasteiger partial charge in [0.25, 0.3) is 0 Å². The molecule has 0 saturated heterocycles. The summed E-state index contributed by atoms with van der Waals surface area (Å²) in [5.74, 6) is 0. The highest BCUT2D eigenvalue weighted by atomic mass is 35.5. The Morgan fingerprint density at radius 3 is 2.43 bits per heavy atom. The maximum Gasteiger partial charge on any atom is 0.412 e. The number of halogens is 1. The number of hydrogen-bond donors (Lipinski definition) is 2. The second-order valence-electron chi connectivity index (χ2n) is 7.35. The van der Waals surface area contributed by atoms with Gasteiger partial charge in [-0.15, -0.1) is 0 Å². The lowest BCUT2D eigenvalue weighted by atomic mass is 9.95. The number of anilines is 1. The molecule has 4 nitrogen and oxygen atoms in total. The molecular formula is C16H23ClN2O2. The van der Waals surface area contributed by atoms with E-state index in [0.717, 1.165) is 12.0 Å². The molecule has 21 heavy (non-hydrogen) atoms. The molecule has 1 aliphatic carbocycles. The molecule has 1 amide bonds. The van der Waals surface area contributed by atoms with Crippen molar-refractivity contribution in [2.75, 3.05) is 5.32 Å². The average molecular weight is 311 g/mol. The molecule has 1 aliphatic rings. The smallest absolute Gasteiger partial charge is 0.412 e. The van der Waals surface area contributed by atoms with Crippen molar-refractivity contribution in [2.45, 2.75) is 52.2 Å². The molecule has 1 fully saturated rings. The van der Waals surface area contributed by atoms with Crippen molar-refractivity contribution in [1.29, 1.82) is 0 Å². The van der Waals surface area contributed by atoms with Gasteiger partial charge in [0.1, 0.15) is 5.60 Å². The van der Waals surface area contributed by atoms with E-state index in [2.05, 4.69) is 19.2 Å². The minimum absolute atomic E-state index is 0.0119. The number of rotatable bonds is 2. The predicted octanol–water partition coefficient (Wildman–Crippen LogP) is 4.27. The molecular weight excluding hydrogens is 288 g/mol. The third-order valence-electron chi connectivity index (χ3n) is 3.90. The minimum Gasteiger partial charge on any atom is -0.444 e. The van der Waals surface area contributed by atoms with E-state index in [-0.39, 0.29) is 5.41 Å². The molecule has 3 N–H and O–H groups in total. The predicted molar refractivity (Wildman–Crippen MR) is 85.6 cm³/mol. The molecule has 1 aromatic carbocycles. The third kappa shape index (κ3) is 3.33. The van der Waals surface area contributed by atoms with Crippen LogP contribution in [0.5, 0.6) is 0 Å². The fourth-order valence-electron chi connectivity index (χ4n) is 2.52. The van der Waals surface area contributed by atoms with Crippen molar-refractivity contribution >= 4 is 23.4 Å². The number of carbonyl (C=O) groups is 1. The van der Waals surface area contributed by atoms with Crippen molar-refractivity contribution in [1.82, 2.24) is 0 Å². The lowest BCUT2D eigenvalue weighted by Crippen LogP contribution is -2.30. The van der Waals surface area contributed by atoms with Crippen LogP contribution in [0.4, 0.5) is 10.5 Å². The van der Waals surface area contributed by atoms with Crippen LogP contribution >= 0.6 is 11.6 Å². The summed E-state index contributed by atoms with van der Waals surface area (Å²) in [6.45, 7) is 9.67. The van der Waals surface area contributed by atoms with E-state index in [1.54, 1.807) is 12.1 Å². The number of carbonyl (C=O) groups excluding carboxylic acids is 1. The highest BCUT2D eigenvalue weighted by Crippen LogP contribution is 2.61. The third-order valence-corrected chi connectivity index (χ3v) is 4.14. The Bertz CT molecular complexity index is 578. The fourth-order valence-corrected chi connectivity index (χ4v) is 2.69. The van der Waals surface area contributed by atoms with Crippen LogP contribution in [0.15, 0.2) is 18.2 Å². The average Bonchev–Trinajstić information content (AvgIpc) is 2.79. The first kappa shape index (κ1) is 16.1. The zero-order valence-corrected chi connectivity index (χ0v) is 14.0. The van der Waals surface area contributed by atoms with Gasteiger partial charge in [-0.3, -0.25) is 5.32 Å². The molecule has 0 spiro atoms. The molecule has 0 aromatic heterocycles. The maximum atomic E-state index is 12.0. The topological polar surface area (TPSA) is 64.3 Å². The maximum absolute atomic E-state index is 12.0. The van der Waals surface area contributed by atoms with Crippen LogP contribution in [-0.2, 0) is 10.3 Å². The summed E-state index contributed by atoms with van der Waals surface area (Å²) in [7, 11) is 0.